The van der Waals surface area contributed by atoms with Gasteiger partial charge in [-0.3, -0.25) is 4.79 Å². The molecule has 1 fully saturated rings. The Labute approximate surface area is 102 Å². The molecule has 1 atom stereocenters. The first-order chi connectivity index (χ1) is 7.66. The average molecular weight is 285 g/mol. The molecule has 0 spiro atoms. The van der Waals surface area contributed by atoms with E-state index in [-0.39, 0.29) is 5.91 Å². The summed E-state index contributed by atoms with van der Waals surface area (Å²) in [4.78, 5) is 15.6. The van der Waals surface area contributed by atoms with E-state index in [0.717, 1.165) is 17.3 Å². The molecule has 16 heavy (non-hydrogen) atoms. The normalized spacial score (nSPS) is 16.9. The number of amides is 1. The first-order valence-electron chi connectivity index (χ1n) is 5.24. The number of aliphatic hydroxyl groups excluding tert-OH is 1. The fourth-order valence-electron chi connectivity index (χ4n) is 1.45. The zero-order chi connectivity index (χ0) is 11.5. The van der Waals surface area contributed by atoms with Gasteiger partial charge in [-0.25, -0.2) is 4.98 Å². The van der Waals surface area contributed by atoms with Crippen molar-refractivity contribution < 1.29 is 9.90 Å². The third-order valence-corrected chi connectivity index (χ3v) is 3.07. The molecule has 2 rings (SSSR count). The second kappa shape index (κ2) is 4.93. The van der Waals surface area contributed by atoms with Crippen molar-refractivity contribution in [2.45, 2.75) is 18.9 Å². The van der Waals surface area contributed by atoms with Gasteiger partial charge in [0.05, 0.1) is 6.10 Å². The van der Waals surface area contributed by atoms with Gasteiger partial charge in [-0.1, -0.05) is 0 Å². The summed E-state index contributed by atoms with van der Waals surface area (Å²) in [7, 11) is 0. The van der Waals surface area contributed by atoms with Crippen LogP contribution < -0.4 is 5.32 Å². The lowest BCUT2D eigenvalue weighted by Crippen LogP contribution is -2.33. The van der Waals surface area contributed by atoms with Crippen molar-refractivity contribution in [1.29, 1.82) is 0 Å². The topological polar surface area (TPSA) is 62.2 Å². The van der Waals surface area contributed by atoms with Crippen molar-refractivity contribution >= 4 is 21.8 Å². The van der Waals surface area contributed by atoms with E-state index in [0.29, 0.717) is 18.2 Å². The number of aromatic nitrogens is 1. The van der Waals surface area contributed by atoms with Crippen LogP contribution in [-0.4, -0.2) is 28.6 Å². The Kier molecular flexibility index (Phi) is 3.56. The molecule has 1 aromatic rings. The molecule has 86 valence electrons. The molecule has 1 heterocycles. The molecular weight excluding hydrogens is 272 g/mol. The number of halogens is 1. The summed E-state index contributed by atoms with van der Waals surface area (Å²) in [6.07, 6.45) is 3.28. The third-order valence-electron chi connectivity index (χ3n) is 2.60. The van der Waals surface area contributed by atoms with Crippen LogP contribution in [0.2, 0.25) is 0 Å². The monoisotopic (exact) mass is 284 g/mol. The van der Waals surface area contributed by atoms with Gasteiger partial charge in [-0.05, 0) is 46.8 Å². The summed E-state index contributed by atoms with van der Waals surface area (Å²) < 4.78 is 0.835. The van der Waals surface area contributed by atoms with Crippen LogP contribution in [0.5, 0.6) is 0 Å². The Morgan fingerprint density at radius 1 is 1.62 bits per heavy atom. The number of nitrogens with one attached hydrogen (secondary N) is 1. The van der Waals surface area contributed by atoms with Crippen molar-refractivity contribution in [3.05, 3.63) is 28.5 Å². The van der Waals surface area contributed by atoms with E-state index in [1.54, 1.807) is 18.3 Å². The first kappa shape index (κ1) is 11.5. The smallest absolute Gasteiger partial charge is 0.269 e. The van der Waals surface area contributed by atoms with Crippen molar-refractivity contribution in [3.8, 4) is 0 Å². The maximum atomic E-state index is 11.6. The summed E-state index contributed by atoms with van der Waals surface area (Å²) in [5, 5.41) is 12.3. The van der Waals surface area contributed by atoms with Gasteiger partial charge in [0.1, 0.15) is 5.69 Å². The van der Waals surface area contributed by atoms with Gasteiger partial charge in [0.2, 0.25) is 0 Å². The molecule has 5 heteroatoms. The van der Waals surface area contributed by atoms with Crippen molar-refractivity contribution in [2.75, 3.05) is 6.54 Å². The summed E-state index contributed by atoms with van der Waals surface area (Å²) >= 11 is 3.25. The predicted molar refractivity (Wildman–Crippen MR) is 63.0 cm³/mol. The summed E-state index contributed by atoms with van der Waals surface area (Å²) in [6, 6.07) is 3.40. The fraction of sp³-hybridized carbons (Fsp3) is 0.455. The Morgan fingerprint density at radius 2 is 2.38 bits per heavy atom. The minimum absolute atomic E-state index is 0.243. The Hall–Kier alpha value is -0.940. The lowest BCUT2D eigenvalue weighted by atomic mass is 10.2. The molecule has 1 aliphatic carbocycles. The summed E-state index contributed by atoms with van der Waals surface area (Å²) in [6.45, 7) is 0.307. The molecule has 0 bridgehead atoms. The number of hydrogen-bond donors (Lipinski definition) is 2. The second-order valence-electron chi connectivity index (χ2n) is 3.98. The fourth-order valence-corrected chi connectivity index (χ4v) is 1.68. The molecule has 0 radical (unpaired) electrons. The molecule has 2 N–H and O–H groups in total. The van der Waals surface area contributed by atoms with Crippen LogP contribution >= 0.6 is 15.9 Å². The van der Waals surface area contributed by atoms with Crippen LogP contribution in [0, 0.1) is 5.92 Å². The molecule has 1 aromatic heterocycles. The van der Waals surface area contributed by atoms with E-state index in [4.69, 9.17) is 0 Å². The van der Waals surface area contributed by atoms with Crippen LogP contribution in [0.15, 0.2) is 22.8 Å². The number of aliphatic hydroxyl groups is 1. The number of rotatable bonds is 4. The van der Waals surface area contributed by atoms with Crippen LogP contribution in [0.25, 0.3) is 0 Å². The number of carbonyl (C=O) groups is 1. The van der Waals surface area contributed by atoms with Gasteiger partial charge in [0, 0.05) is 17.2 Å². The minimum atomic E-state index is -0.417. The van der Waals surface area contributed by atoms with Crippen LogP contribution in [0.4, 0.5) is 0 Å². The Bertz CT molecular complexity index is 376. The quantitative estimate of drug-likeness (QED) is 0.877. The summed E-state index contributed by atoms with van der Waals surface area (Å²) in [5.41, 5.74) is 0.367. The van der Waals surface area contributed by atoms with Crippen molar-refractivity contribution in [3.63, 3.8) is 0 Å². The molecule has 1 unspecified atom stereocenters. The van der Waals surface area contributed by atoms with Crippen molar-refractivity contribution in [1.82, 2.24) is 10.3 Å². The predicted octanol–water partition coefficient (Wildman–Crippen LogP) is 1.34. The van der Waals surface area contributed by atoms with Crippen LogP contribution in [0.1, 0.15) is 23.3 Å². The SMILES string of the molecule is O=C(NCC(O)C1CC1)c1ccc(Br)cn1. The highest BCUT2D eigenvalue weighted by atomic mass is 79.9. The molecule has 0 aromatic carbocycles. The number of nitrogens with zero attached hydrogens (tertiary/aromatic N) is 1. The van der Waals surface area contributed by atoms with Gasteiger partial charge < -0.3 is 10.4 Å². The molecule has 4 nitrogen and oxygen atoms in total. The average Bonchev–Trinajstić information content (AvgIpc) is 3.10. The largest absolute Gasteiger partial charge is 0.391 e. The van der Waals surface area contributed by atoms with E-state index < -0.39 is 6.10 Å². The first-order valence-corrected chi connectivity index (χ1v) is 6.04. The van der Waals surface area contributed by atoms with E-state index in [1.165, 1.54) is 0 Å². The van der Waals surface area contributed by atoms with E-state index in [9.17, 15) is 9.90 Å². The zero-order valence-electron chi connectivity index (χ0n) is 8.69. The third kappa shape index (κ3) is 3.02. The second-order valence-corrected chi connectivity index (χ2v) is 4.89. The molecule has 1 saturated carbocycles. The zero-order valence-corrected chi connectivity index (χ0v) is 10.3. The maximum Gasteiger partial charge on any atom is 0.269 e. The van der Waals surface area contributed by atoms with Gasteiger partial charge in [0.15, 0.2) is 0 Å². The van der Waals surface area contributed by atoms with Gasteiger partial charge >= 0.3 is 0 Å². The maximum absolute atomic E-state index is 11.6. The highest BCUT2D eigenvalue weighted by Gasteiger charge is 2.29. The Balaban J connectivity index is 1.85. The molecule has 0 saturated heterocycles. The van der Waals surface area contributed by atoms with E-state index in [1.807, 2.05) is 0 Å². The Morgan fingerprint density at radius 3 is 2.94 bits per heavy atom. The van der Waals surface area contributed by atoms with Crippen LogP contribution in [0.3, 0.4) is 0 Å². The summed E-state index contributed by atoms with van der Waals surface area (Å²) in [5.74, 6) is 0.130. The lowest BCUT2D eigenvalue weighted by molar-refractivity contribution is 0.0896. The van der Waals surface area contributed by atoms with E-state index >= 15 is 0 Å². The van der Waals surface area contributed by atoms with E-state index in [2.05, 4.69) is 26.2 Å². The van der Waals surface area contributed by atoms with Crippen LogP contribution in [-0.2, 0) is 0 Å². The highest BCUT2D eigenvalue weighted by Crippen LogP contribution is 2.32. The van der Waals surface area contributed by atoms with Gasteiger partial charge in [-0.15, -0.1) is 0 Å². The molecule has 1 amide bonds. The molecule has 0 aliphatic heterocycles. The standard InChI is InChI=1S/C11H13BrN2O2/c12-8-3-4-9(13-5-8)11(16)14-6-10(15)7-1-2-7/h3-5,7,10,15H,1-2,6H2,(H,14,16). The number of pyridine rings is 1. The number of hydrogen-bond acceptors (Lipinski definition) is 3. The highest BCUT2D eigenvalue weighted by molar-refractivity contribution is 9.10. The minimum Gasteiger partial charge on any atom is -0.391 e. The van der Waals surface area contributed by atoms with Crippen molar-refractivity contribution in [2.24, 2.45) is 5.92 Å². The lowest BCUT2D eigenvalue weighted by Gasteiger charge is -2.10. The number of carbonyl (C=O) groups excluding carboxylic acids is 1. The van der Waals surface area contributed by atoms with Gasteiger partial charge in [-0.2, -0.15) is 0 Å². The molecular formula is C11H13BrN2O2. The molecule has 1 aliphatic rings. The van der Waals surface area contributed by atoms with Gasteiger partial charge in [0.25, 0.3) is 5.91 Å².